The van der Waals surface area contributed by atoms with Gasteiger partial charge in [0.15, 0.2) is 0 Å². The van der Waals surface area contributed by atoms with Crippen molar-refractivity contribution in [1.82, 2.24) is 35.5 Å². The minimum Gasteiger partial charge on any atom is -0.302 e. The molecule has 2 rings (SSSR count). The predicted octanol–water partition coefficient (Wildman–Crippen LogP) is -0.216. The van der Waals surface area contributed by atoms with Crippen molar-refractivity contribution in [3.63, 3.8) is 0 Å². The molecule has 0 aliphatic carbocycles. The Morgan fingerprint density at radius 3 is 3.07 bits per heavy atom. The van der Waals surface area contributed by atoms with E-state index in [1.54, 1.807) is 4.68 Å². The van der Waals surface area contributed by atoms with Crippen molar-refractivity contribution in [2.24, 2.45) is 7.05 Å². The van der Waals surface area contributed by atoms with E-state index in [0.29, 0.717) is 6.54 Å². The third kappa shape index (κ3) is 2.38. The van der Waals surface area contributed by atoms with Crippen LogP contribution in [0.2, 0.25) is 0 Å². The number of hydrogen-bond donors (Lipinski definition) is 2. The molecule has 2 heterocycles. The van der Waals surface area contributed by atoms with Gasteiger partial charge >= 0.3 is 0 Å². The Hall–Kier alpha value is -1.76. The molecule has 15 heavy (non-hydrogen) atoms. The lowest BCUT2D eigenvalue weighted by molar-refractivity contribution is 0.542. The number of aromatic amines is 1. The normalized spacial score (nSPS) is 12.9. The number of aryl methyl sites for hydroxylation is 1. The molecule has 80 valence electrons. The highest BCUT2D eigenvalue weighted by Gasteiger charge is 2.08. The van der Waals surface area contributed by atoms with Crippen molar-refractivity contribution in [3.8, 4) is 0 Å². The summed E-state index contributed by atoms with van der Waals surface area (Å²) >= 11 is 0. The quantitative estimate of drug-likeness (QED) is 0.724. The highest BCUT2D eigenvalue weighted by atomic mass is 15.4. The first-order valence-electron chi connectivity index (χ1n) is 4.69. The summed E-state index contributed by atoms with van der Waals surface area (Å²) in [6.07, 6.45) is 3.37. The Balaban J connectivity index is 1.88. The SMILES string of the molecule is CC(NCc1cn(C)nn1)c1ncn[nH]1. The first kappa shape index (κ1) is 9.78. The van der Waals surface area contributed by atoms with Crippen LogP contribution < -0.4 is 5.32 Å². The van der Waals surface area contributed by atoms with E-state index >= 15 is 0 Å². The second-order valence-corrected chi connectivity index (χ2v) is 3.36. The topological polar surface area (TPSA) is 84.3 Å². The first-order chi connectivity index (χ1) is 7.25. The molecule has 1 atom stereocenters. The standard InChI is InChI=1S/C8H13N7/c1-6(8-10-5-11-13-8)9-3-7-4-15(2)14-12-7/h4-6,9H,3H2,1-2H3,(H,10,11,13). The Bertz CT molecular complexity index is 404. The summed E-state index contributed by atoms with van der Waals surface area (Å²) in [7, 11) is 1.84. The average Bonchev–Trinajstić information content (AvgIpc) is 2.84. The van der Waals surface area contributed by atoms with E-state index in [-0.39, 0.29) is 6.04 Å². The van der Waals surface area contributed by atoms with Crippen molar-refractivity contribution < 1.29 is 0 Å². The van der Waals surface area contributed by atoms with E-state index in [4.69, 9.17) is 0 Å². The molecule has 0 fully saturated rings. The Kier molecular flexibility index (Phi) is 2.72. The van der Waals surface area contributed by atoms with Crippen molar-refractivity contribution >= 4 is 0 Å². The van der Waals surface area contributed by atoms with Crippen LogP contribution in [0.4, 0.5) is 0 Å². The van der Waals surface area contributed by atoms with Gasteiger partial charge in [0.1, 0.15) is 12.2 Å². The van der Waals surface area contributed by atoms with E-state index in [9.17, 15) is 0 Å². The summed E-state index contributed by atoms with van der Waals surface area (Å²) in [6, 6.07) is 0.120. The first-order valence-corrected chi connectivity index (χ1v) is 4.69. The fourth-order valence-corrected chi connectivity index (χ4v) is 1.25. The Labute approximate surface area is 86.9 Å². The van der Waals surface area contributed by atoms with Gasteiger partial charge in [-0.25, -0.2) is 4.98 Å². The fourth-order valence-electron chi connectivity index (χ4n) is 1.25. The third-order valence-electron chi connectivity index (χ3n) is 2.08. The molecule has 0 saturated heterocycles. The molecule has 7 heteroatoms. The van der Waals surface area contributed by atoms with Gasteiger partial charge in [-0.2, -0.15) is 5.10 Å². The van der Waals surface area contributed by atoms with Crippen LogP contribution in [0.3, 0.4) is 0 Å². The van der Waals surface area contributed by atoms with Crippen molar-refractivity contribution in [2.45, 2.75) is 19.5 Å². The van der Waals surface area contributed by atoms with Gasteiger partial charge in [0.05, 0.1) is 11.7 Å². The van der Waals surface area contributed by atoms with E-state index in [1.807, 2.05) is 20.2 Å². The zero-order valence-electron chi connectivity index (χ0n) is 8.68. The molecule has 7 nitrogen and oxygen atoms in total. The molecular formula is C8H13N7. The number of nitrogens with zero attached hydrogens (tertiary/aromatic N) is 5. The number of H-pyrrole nitrogens is 1. The van der Waals surface area contributed by atoms with Crippen LogP contribution in [0, 0.1) is 0 Å². The lowest BCUT2D eigenvalue weighted by Crippen LogP contribution is -2.19. The van der Waals surface area contributed by atoms with E-state index in [2.05, 4.69) is 30.8 Å². The van der Waals surface area contributed by atoms with Gasteiger partial charge in [0, 0.05) is 19.8 Å². The highest BCUT2D eigenvalue weighted by Crippen LogP contribution is 2.04. The number of nitrogens with one attached hydrogen (secondary N) is 2. The molecule has 0 radical (unpaired) electrons. The maximum Gasteiger partial charge on any atom is 0.141 e. The minimum absolute atomic E-state index is 0.120. The van der Waals surface area contributed by atoms with Crippen LogP contribution in [-0.2, 0) is 13.6 Å². The monoisotopic (exact) mass is 207 g/mol. The van der Waals surface area contributed by atoms with Crippen LogP contribution in [0.25, 0.3) is 0 Å². The molecule has 2 aromatic rings. The number of rotatable bonds is 4. The van der Waals surface area contributed by atoms with Crippen molar-refractivity contribution in [1.29, 1.82) is 0 Å². The third-order valence-corrected chi connectivity index (χ3v) is 2.08. The number of hydrogen-bond acceptors (Lipinski definition) is 5. The Morgan fingerprint density at radius 2 is 2.47 bits per heavy atom. The molecule has 2 N–H and O–H groups in total. The van der Waals surface area contributed by atoms with Gasteiger partial charge in [-0.3, -0.25) is 9.78 Å². The highest BCUT2D eigenvalue weighted by molar-refractivity contribution is 4.94. The lowest BCUT2D eigenvalue weighted by Gasteiger charge is -2.08. The summed E-state index contributed by atoms with van der Waals surface area (Å²) in [5.74, 6) is 0.818. The summed E-state index contributed by atoms with van der Waals surface area (Å²) in [4.78, 5) is 4.06. The van der Waals surface area contributed by atoms with E-state index in [1.165, 1.54) is 6.33 Å². The van der Waals surface area contributed by atoms with Gasteiger partial charge in [-0.1, -0.05) is 5.21 Å². The van der Waals surface area contributed by atoms with Crippen LogP contribution in [0.5, 0.6) is 0 Å². The van der Waals surface area contributed by atoms with Gasteiger partial charge in [-0.05, 0) is 6.92 Å². The predicted molar refractivity (Wildman–Crippen MR) is 52.6 cm³/mol. The summed E-state index contributed by atoms with van der Waals surface area (Å²) in [5, 5.41) is 17.7. The van der Waals surface area contributed by atoms with Crippen LogP contribution >= 0.6 is 0 Å². The zero-order chi connectivity index (χ0) is 10.7. The Morgan fingerprint density at radius 1 is 1.60 bits per heavy atom. The molecule has 0 aliphatic rings. The average molecular weight is 207 g/mol. The molecule has 2 aromatic heterocycles. The largest absolute Gasteiger partial charge is 0.302 e. The molecule has 0 aliphatic heterocycles. The zero-order valence-corrected chi connectivity index (χ0v) is 8.68. The smallest absolute Gasteiger partial charge is 0.141 e. The van der Waals surface area contributed by atoms with Gasteiger partial charge < -0.3 is 5.32 Å². The maximum atomic E-state index is 4.06. The number of aromatic nitrogens is 6. The lowest BCUT2D eigenvalue weighted by atomic mass is 10.3. The van der Waals surface area contributed by atoms with E-state index in [0.717, 1.165) is 11.5 Å². The van der Waals surface area contributed by atoms with Crippen LogP contribution in [-0.4, -0.2) is 30.2 Å². The van der Waals surface area contributed by atoms with Gasteiger partial charge in [-0.15, -0.1) is 5.10 Å². The summed E-state index contributed by atoms with van der Waals surface area (Å²) < 4.78 is 1.68. The van der Waals surface area contributed by atoms with Crippen LogP contribution in [0.15, 0.2) is 12.5 Å². The second-order valence-electron chi connectivity index (χ2n) is 3.36. The van der Waals surface area contributed by atoms with Gasteiger partial charge in [0.25, 0.3) is 0 Å². The van der Waals surface area contributed by atoms with Crippen molar-refractivity contribution in [3.05, 3.63) is 24.0 Å². The van der Waals surface area contributed by atoms with Crippen molar-refractivity contribution in [2.75, 3.05) is 0 Å². The minimum atomic E-state index is 0.120. The molecule has 0 bridgehead atoms. The molecular weight excluding hydrogens is 194 g/mol. The molecule has 0 amide bonds. The van der Waals surface area contributed by atoms with Gasteiger partial charge in [0.2, 0.25) is 0 Å². The van der Waals surface area contributed by atoms with Crippen LogP contribution in [0.1, 0.15) is 24.5 Å². The summed E-state index contributed by atoms with van der Waals surface area (Å²) in [6.45, 7) is 2.67. The molecule has 0 aromatic carbocycles. The molecule has 0 spiro atoms. The maximum absolute atomic E-state index is 4.06. The second kappa shape index (κ2) is 4.18. The fraction of sp³-hybridized carbons (Fsp3) is 0.500. The summed E-state index contributed by atoms with van der Waals surface area (Å²) in [5.41, 5.74) is 0.906. The van der Waals surface area contributed by atoms with E-state index < -0.39 is 0 Å². The molecule has 0 saturated carbocycles. The molecule has 1 unspecified atom stereocenters.